The van der Waals surface area contributed by atoms with Crippen molar-refractivity contribution in [1.82, 2.24) is 4.90 Å². The number of methoxy groups -OCH3 is 1. The van der Waals surface area contributed by atoms with Gasteiger partial charge >= 0.3 is 5.97 Å². The fraction of sp³-hybridized carbons (Fsp3) is 0.500. The number of benzene rings is 1. The van der Waals surface area contributed by atoms with Gasteiger partial charge in [-0.3, -0.25) is 9.59 Å². The van der Waals surface area contributed by atoms with Crippen LogP contribution in [0.3, 0.4) is 0 Å². The first-order valence-corrected chi connectivity index (χ1v) is 12.4. The number of esters is 1. The first-order chi connectivity index (χ1) is 18.1. The van der Waals surface area contributed by atoms with Gasteiger partial charge in [-0.2, -0.15) is 0 Å². The van der Waals surface area contributed by atoms with Crippen molar-refractivity contribution < 1.29 is 33.6 Å². The lowest BCUT2D eigenvalue weighted by molar-refractivity contribution is -0.265. The molecule has 0 saturated heterocycles. The fourth-order valence-corrected chi connectivity index (χ4v) is 4.54. The van der Waals surface area contributed by atoms with Gasteiger partial charge < -0.3 is 20.1 Å². The van der Waals surface area contributed by atoms with Crippen LogP contribution >= 0.6 is 11.6 Å². The van der Waals surface area contributed by atoms with Gasteiger partial charge in [0.15, 0.2) is 11.6 Å². The van der Waals surface area contributed by atoms with E-state index in [9.17, 15) is 19.3 Å². The first kappa shape index (κ1) is 31.3. The minimum absolute atomic E-state index is 0.0555. The van der Waals surface area contributed by atoms with Gasteiger partial charge in [-0.1, -0.05) is 36.7 Å². The highest BCUT2D eigenvalue weighted by molar-refractivity contribution is 6.31. The van der Waals surface area contributed by atoms with Crippen LogP contribution in [0, 0.1) is 4.91 Å². The highest BCUT2D eigenvalue weighted by Crippen LogP contribution is 2.44. The zero-order chi connectivity index (χ0) is 28.5. The summed E-state index contributed by atoms with van der Waals surface area (Å²) in [6, 6.07) is 6.99. The predicted molar refractivity (Wildman–Crippen MR) is 140 cm³/mol. The van der Waals surface area contributed by atoms with Gasteiger partial charge in [0.2, 0.25) is 5.54 Å². The third kappa shape index (κ3) is 6.54. The third-order valence-corrected chi connectivity index (χ3v) is 6.83. The lowest BCUT2D eigenvalue weighted by Crippen LogP contribution is -2.48. The largest absolute Gasteiger partial charge is 0.466 e. The van der Waals surface area contributed by atoms with Gasteiger partial charge in [0.1, 0.15) is 6.61 Å². The number of ether oxygens (including phenoxy) is 2. The molecule has 0 radical (unpaired) electrons. The zero-order valence-electron chi connectivity index (χ0n) is 22.2. The number of carbonyl (C=O) groups is 3. The second kappa shape index (κ2) is 14.3. The Bertz CT molecular complexity index is 1120. The molecule has 208 valence electrons. The van der Waals surface area contributed by atoms with Crippen molar-refractivity contribution in [2.45, 2.75) is 38.6 Å². The molecular weight excluding hydrogens is 518 g/mol. The number of hydrogen-bond acceptors (Lipinski definition) is 11. The third-order valence-electron chi connectivity index (χ3n) is 6.49. The summed E-state index contributed by atoms with van der Waals surface area (Å²) >= 11 is 6.57. The molecule has 38 heavy (non-hydrogen) atoms. The summed E-state index contributed by atoms with van der Waals surface area (Å²) in [5.41, 5.74) is 5.58. The molecule has 1 aliphatic rings. The topological polar surface area (TPSA) is 147 Å². The molecule has 0 aromatic heterocycles. The van der Waals surface area contributed by atoms with Crippen LogP contribution in [0.1, 0.15) is 38.7 Å². The number of carbonyl (C=O) groups excluding carboxylic acids is 3. The molecule has 2 atom stereocenters. The molecule has 0 saturated carbocycles. The summed E-state index contributed by atoms with van der Waals surface area (Å²) in [6.07, 6.45) is -0.0555. The van der Waals surface area contributed by atoms with Gasteiger partial charge in [-0.15, -0.1) is 4.91 Å². The van der Waals surface area contributed by atoms with E-state index in [2.05, 4.69) is 5.18 Å². The van der Waals surface area contributed by atoms with Crippen molar-refractivity contribution >= 4 is 29.1 Å². The van der Waals surface area contributed by atoms with E-state index < -0.39 is 35.5 Å². The summed E-state index contributed by atoms with van der Waals surface area (Å²) in [6.45, 7) is 4.16. The second-order valence-corrected chi connectivity index (χ2v) is 9.04. The number of allylic oxidation sites excluding steroid dienone is 1. The average Bonchev–Trinajstić information content (AvgIpc) is 2.92. The number of hydrogen-bond donors (Lipinski definition) is 1. The maximum atomic E-state index is 13.4. The van der Waals surface area contributed by atoms with E-state index in [-0.39, 0.29) is 38.4 Å². The lowest BCUT2D eigenvalue weighted by atomic mass is 9.79. The average molecular weight is 552 g/mol. The summed E-state index contributed by atoms with van der Waals surface area (Å²) in [5.74, 6) is -2.81. The normalized spacial score (nSPS) is 17.3. The Hall–Kier alpha value is -2.96. The van der Waals surface area contributed by atoms with E-state index >= 15 is 0 Å². The quantitative estimate of drug-likeness (QED) is 0.0861. The summed E-state index contributed by atoms with van der Waals surface area (Å²) in [4.78, 5) is 62.6. The van der Waals surface area contributed by atoms with E-state index in [1.165, 1.54) is 26.0 Å². The minimum Gasteiger partial charge on any atom is -0.466 e. The van der Waals surface area contributed by atoms with Crippen LogP contribution in [0.15, 0.2) is 52.0 Å². The Labute approximate surface area is 226 Å². The molecule has 12 heteroatoms. The molecule has 1 aliphatic heterocycles. The molecule has 0 amide bonds. The van der Waals surface area contributed by atoms with Crippen LogP contribution in [0.25, 0.3) is 0 Å². The van der Waals surface area contributed by atoms with Crippen LogP contribution in [-0.4, -0.2) is 75.1 Å². The minimum atomic E-state index is -2.10. The molecule has 11 nitrogen and oxygen atoms in total. The van der Waals surface area contributed by atoms with Gasteiger partial charge in [-0.25, -0.2) is 14.6 Å². The van der Waals surface area contributed by atoms with Crippen molar-refractivity contribution in [2.24, 2.45) is 10.9 Å². The van der Waals surface area contributed by atoms with E-state index in [1.54, 1.807) is 38.1 Å². The van der Waals surface area contributed by atoms with Gasteiger partial charge in [-0.05, 0) is 36.2 Å². The van der Waals surface area contributed by atoms with Gasteiger partial charge in [0.25, 0.3) is 0 Å². The number of nitrogens with zero attached hydrogens (tertiary/aromatic N) is 2. The van der Waals surface area contributed by atoms with Crippen LogP contribution in [0.5, 0.6) is 0 Å². The molecule has 2 rings (SSSR count). The van der Waals surface area contributed by atoms with Crippen molar-refractivity contribution in [3.8, 4) is 0 Å². The molecule has 0 bridgehead atoms. The summed E-state index contributed by atoms with van der Waals surface area (Å²) < 4.78 is 10.9. The first-order valence-electron chi connectivity index (χ1n) is 12.0. The highest BCUT2D eigenvalue weighted by atomic mass is 35.5. The zero-order valence-corrected chi connectivity index (χ0v) is 23.0. The van der Waals surface area contributed by atoms with Gasteiger partial charge in [0.05, 0.1) is 45.2 Å². The van der Waals surface area contributed by atoms with Gasteiger partial charge in [0, 0.05) is 29.6 Å². The second-order valence-electron chi connectivity index (χ2n) is 8.64. The highest BCUT2D eigenvalue weighted by Gasteiger charge is 2.45. The predicted octanol–water partition coefficient (Wildman–Crippen LogP) is 3.07. The van der Waals surface area contributed by atoms with Crippen molar-refractivity contribution in [1.29, 1.82) is 0 Å². The monoisotopic (exact) mass is 551 g/mol. The molecule has 1 aromatic carbocycles. The number of Topliss-reactive ketones (excluding diaryl/α,β-unsaturated/α-hetero) is 2. The molecule has 2 N–H and O–H groups in total. The van der Waals surface area contributed by atoms with Crippen molar-refractivity contribution in [3.05, 3.63) is 62.3 Å². The van der Waals surface area contributed by atoms with Crippen LogP contribution in [-0.2, 0) is 33.6 Å². The maximum absolute atomic E-state index is 13.4. The maximum Gasteiger partial charge on any atom is 0.336 e. The van der Waals surface area contributed by atoms with Crippen LogP contribution in [0.2, 0.25) is 5.02 Å². The molecule has 2 unspecified atom stereocenters. The lowest BCUT2D eigenvalue weighted by Gasteiger charge is -2.40. The van der Waals surface area contributed by atoms with E-state index in [4.69, 9.17) is 36.6 Å². The van der Waals surface area contributed by atoms with Crippen LogP contribution < -0.4 is 5.73 Å². The molecule has 1 aromatic rings. The smallest absolute Gasteiger partial charge is 0.336 e. The number of ketones is 2. The Morgan fingerprint density at radius 3 is 2.39 bits per heavy atom. The Morgan fingerprint density at radius 1 is 1.16 bits per heavy atom. The van der Waals surface area contributed by atoms with Crippen LogP contribution in [0.4, 0.5) is 0 Å². The molecular formula is C26H34ClN3O8. The Balaban J connectivity index is 2.83. The Kier molecular flexibility index (Phi) is 11.7. The molecule has 0 spiro atoms. The van der Waals surface area contributed by atoms with E-state index in [1.807, 2.05) is 0 Å². The number of nitrogens with two attached hydrogens (primary N) is 1. The van der Waals surface area contributed by atoms with Crippen molar-refractivity contribution in [3.63, 3.8) is 0 Å². The fourth-order valence-electron chi connectivity index (χ4n) is 4.30. The molecule has 0 fully saturated rings. The van der Waals surface area contributed by atoms with E-state index in [0.29, 0.717) is 27.6 Å². The standard InChI is InChI=1S/C26H34ClN3O8/c1-6-21(31)26(3,29-34)22(32)13-30-16(2)18(14-38-36-5)23(17-9-7-8-10-19(17)27)24(25(33)35-4)20(30)15-37-12-11-28/h7-10,23H,6,11-15,28H2,1-5H3. The number of rotatable bonds is 15. The number of halogens is 1. The van der Waals surface area contributed by atoms with E-state index in [0.717, 1.165) is 0 Å². The Morgan fingerprint density at radius 2 is 1.84 bits per heavy atom. The molecule has 1 heterocycles. The van der Waals surface area contributed by atoms with Crippen molar-refractivity contribution in [2.75, 3.05) is 47.1 Å². The number of nitroso groups, excluding NO2 is 1. The summed E-state index contributed by atoms with van der Waals surface area (Å²) in [5, 5.41) is 3.27. The molecule has 0 aliphatic carbocycles. The SMILES string of the molecule is CCC(=O)C(C)(N=O)C(=O)CN1C(C)=C(COOC)C(c2ccccc2Cl)C(C(=O)OC)=C1COCCN. The summed E-state index contributed by atoms with van der Waals surface area (Å²) in [7, 11) is 2.57.